The van der Waals surface area contributed by atoms with Crippen LogP contribution < -0.4 is 5.73 Å². The van der Waals surface area contributed by atoms with Crippen molar-refractivity contribution in [3.05, 3.63) is 29.8 Å². The molecule has 0 aromatic heterocycles. The molecule has 1 atom stereocenters. The summed E-state index contributed by atoms with van der Waals surface area (Å²) in [6.45, 7) is 7.02. The Morgan fingerprint density at radius 1 is 1.35 bits per heavy atom. The van der Waals surface area contributed by atoms with Crippen molar-refractivity contribution in [2.45, 2.75) is 38.1 Å². The zero-order valence-electron chi connectivity index (χ0n) is 12.9. The van der Waals surface area contributed by atoms with E-state index in [4.69, 9.17) is 5.73 Å². The number of amides is 1. The fourth-order valence-corrected chi connectivity index (χ4v) is 2.74. The first-order valence-corrected chi connectivity index (χ1v) is 8.08. The lowest BCUT2D eigenvalue weighted by molar-refractivity contribution is -0.127. The van der Waals surface area contributed by atoms with Crippen molar-refractivity contribution in [2.24, 2.45) is 11.7 Å². The van der Waals surface area contributed by atoms with Crippen molar-refractivity contribution in [1.82, 2.24) is 4.90 Å². The van der Waals surface area contributed by atoms with Crippen LogP contribution in [0.25, 0.3) is 0 Å². The van der Waals surface area contributed by atoms with Crippen molar-refractivity contribution < 1.29 is 4.79 Å². The molecule has 4 heteroatoms. The summed E-state index contributed by atoms with van der Waals surface area (Å²) in [5, 5.41) is 0. The molecule has 0 aliphatic carbocycles. The largest absolute Gasteiger partial charge is 0.345 e. The van der Waals surface area contributed by atoms with Gasteiger partial charge in [0.15, 0.2) is 0 Å². The summed E-state index contributed by atoms with van der Waals surface area (Å²) in [6.07, 6.45) is 0.856. The third kappa shape index (κ3) is 5.55. The van der Waals surface area contributed by atoms with E-state index in [2.05, 4.69) is 32.9 Å². The van der Waals surface area contributed by atoms with Crippen LogP contribution in [0.1, 0.15) is 25.8 Å². The summed E-state index contributed by atoms with van der Waals surface area (Å²) in [6, 6.07) is 8.31. The third-order valence-corrected chi connectivity index (χ3v) is 4.68. The Morgan fingerprint density at radius 2 is 2.00 bits per heavy atom. The van der Waals surface area contributed by atoms with Crippen LogP contribution >= 0.6 is 11.8 Å². The maximum Gasteiger partial charge on any atom is 0.232 e. The van der Waals surface area contributed by atoms with Crippen molar-refractivity contribution in [2.75, 3.05) is 19.3 Å². The third-order valence-electron chi connectivity index (χ3n) is 3.52. The van der Waals surface area contributed by atoms with Gasteiger partial charge in [-0.2, -0.15) is 0 Å². The Kier molecular flexibility index (Phi) is 7.10. The molecule has 1 aromatic carbocycles. The van der Waals surface area contributed by atoms with E-state index in [0.717, 1.165) is 13.0 Å². The van der Waals surface area contributed by atoms with Crippen molar-refractivity contribution in [3.63, 3.8) is 0 Å². The number of hydrogen-bond acceptors (Lipinski definition) is 3. The zero-order chi connectivity index (χ0) is 15.1. The summed E-state index contributed by atoms with van der Waals surface area (Å²) >= 11 is 1.60. The second-order valence-corrected chi connectivity index (χ2v) is 6.58. The predicted molar refractivity (Wildman–Crippen MR) is 87.0 cm³/mol. The SMILES string of the molecule is Cc1ccccc1SCC(=O)N(C)CCC(N)C(C)C. The zero-order valence-corrected chi connectivity index (χ0v) is 13.7. The summed E-state index contributed by atoms with van der Waals surface area (Å²) in [4.78, 5) is 15.0. The number of aryl methyl sites for hydroxylation is 1. The predicted octanol–water partition coefficient (Wildman–Crippen LogP) is 2.92. The average Bonchev–Trinajstić information content (AvgIpc) is 2.42. The van der Waals surface area contributed by atoms with E-state index in [1.807, 2.05) is 19.2 Å². The summed E-state index contributed by atoms with van der Waals surface area (Å²) in [7, 11) is 1.85. The first kappa shape index (κ1) is 17.1. The number of benzene rings is 1. The van der Waals surface area contributed by atoms with E-state index >= 15 is 0 Å². The number of carbonyl (C=O) groups excluding carboxylic acids is 1. The second kappa shape index (κ2) is 8.32. The molecule has 1 aromatic rings. The summed E-state index contributed by atoms with van der Waals surface area (Å²) < 4.78 is 0. The van der Waals surface area contributed by atoms with Gasteiger partial charge in [-0.25, -0.2) is 0 Å². The quantitative estimate of drug-likeness (QED) is 0.787. The Hall–Kier alpha value is -1.00. The molecule has 1 rings (SSSR count). The van der Waals surface area contributed by atoms with Crippen LogP contribution in [0.5, 0.6) is 0 Å². The van der Waals surface area contributed by atoms with Gasteiger partial charge in [-0.15, -0.1) is 11.8 Å². The maximum absolute atomic E-state index is 12.1. The highest BCUT2D eigenvalue weighted by Gasteiger charge is 2.13. The van der Waals surface area contributed by atoms with Gasteiger partial charge in [-0.1, -0.05) is 32.0 Å². The molecule has 0 saturated heterocycles. The molecule has 0 saturated carbocycles. The molecule has 0 aliphatic heterocycles. The van der Waals surface area contributed by atoms with Crippen LogP contribution in [-0.2, 0) is 4.79 Å². The van der Waals surface area contributed by atoms with Crippen LogP contribution in [0.15, 0.2) is 29.2 Å². The maximum atomic E-state index is 12.1. The van der Waals surface area contributed by atoms with E-state index in [0.29, 0.717) is 11.7 Å². The van der Waals surface area contributed by atoms with Gasteiger partial charge in [0.2, 0.25) is 5.91 Å². The first-order chi connectivity index (χ1) is 9.41. The van der Waals surface area contributed by atoms with E-state index in [-0.39, 0.29) is 11.9 Å². The van der Waals surface area contributed by atoms with Crippen LogP contribution in [0.2, 0.25) is 0 Å². The molecule has 0 heterocycles. The topological polar surface area (TPSA) is 46.3 Å². The minimum atomic E-state index is 0.161. The standard InChI is InChI=1S/C16H26N2OS/c1-12(2)14(17)9-10-18(4)16(19)11-20-15-8-6-5-7-13(15)3/h5-8,12,14H,9-11,17H2,1-4H3. The van der Waals surface area contributed by atoms with Crippen LogP contribution in [-0.4, -0.2) is 36.2 Å². The van der Waals surface area contributed by atoms with Crippen LogP contribution in [0.3, 0.4) is 0 Å². The number of rotatable bonds is 7. The highest BCUT2D eigenvalue weighted by molar-refractivity contribution is 8.00. The minimum absolute atomic E-state index is 0.161. The summed E-state index contributed by atoms with van der Waals surface area (Å²) in [5.74, 6) is 1.10. The molecule has 0 radical (unpaired) electrons. The highest BCUT2D eigenvalue weighted by atomic mass is 32.2. The number of nitrogens with two attached hydrogens (primary N) is 1. The number of nitrogens with zero attached hydrogens (tertiary/aromatic N) is 1. The molecule has 112 valence electrons. The monoisotopic (exact) mass is 294 g/mol. The van der Waals surface area contributed by atoms with Crippen molar-refractivity contribution in [1.29, 1.82) is 0 Å². The van der Waals surface area contributed by atoms with Crippen molar-refractivity contribution in [3.8, 4) is 0 Å². The Morgan fingerprint density at radius 3 is 2.60 bits per heavy atom. The number of carbonyl (C=O) groups is 1. The molecular formula is C16H26N2OS. The smallest absolute Gasteiger partial charge is 0.232 e. The Labute approximate surface area is 126 Å². The number of thioether (sulfide) groups is 1. The van der Waals surface area contributed by atoms with Gasteiger partial charge in [0.05, 0.1) is 5.75 Å². The second-order valence-electron chi connectivity index (χ2n) is 5.57. The normalized spacial score (nSPS) is 12.5. The molecule has 2 N–H and O–H groups in total. The molecule has 3 nitrogen and oxygen atoms in total. The lowest BCUT2D eigenvalue weighted by Gasteiger charge is -2.21. The lowest BCUT2D eigenvalue weighted by atomic mass is 10.0. The van der Waals surface area contributed by atoms with E-state index in [1.165, 1.54) is 10.5 Å². The summed E-state index contributed by atoms with van der Waals surface area (Å²) in [5.41, 5.74) is 7.22. The molecular weight excluding hydrogens is 268 g/mol. The lowest BCUT2D eigenvalue weighted by Crippen LogP contribution is -2.35. The molecule has 1 amide bonds. The fourth-order valence-electron chi connectivity index (χ4n) is 1.77. The first-order valence-electron chi connectivity index (χ1n) is 7.09. The average molecular weight is 294 g/mol. The van der Waals surface area contributed by atoms with Crippen LogP contribution in [0.4, 0.5) is 0 Å². The Bertz CT molecular complexity index is 434. The van der Waals surface area contributed by atoms with Gasteiger partial charge in [-0.3, -0.25) is 4.79 Å². The molecule has 0 spiro atoms. The van der Waals surface area contributed by atoms with Gasteiger partial charge in [0, 0.05) is 24.5 Å². The number of hydrogen-bond donors (Lipinski definition) is 1. The van der Waals surface area contributed by atoms with E-state index in [9.17, 15) is 4.79 Å². The minimum Gasteiger partial charge on any atom is -0.345 e. The molecule has 0 fully saturated rings. The Balaban J connectivity index is 2.37. The van der Waals surface area contributed by atoms with Gasteiger partial charge in [0.1, 0.15) is 0 Å². The molecule has 20 heavy (non-hydrogen) atoms. The van der Waals surface area contributed by atoms with Gasteiger partial charge in [0.25, 0.3) is 0 Å². The fraction of sp³-hybridized carbons (Fsp3) is 0.562. The van der Waals surface area contributed by atoms with Crippen LogP contribution in [0, 0.1) is 12.8 Å². The van der Waals surface area contributed by atoms with E-state index in [1.54, 1.807) is 16.7 Å². The molecule has 0 bridgehead atoms. The molecule has 0 aliphatic rings. The van der Waals surface area contributed by atoms with Gasteiger partial charge < -0.3 is 10.6 Å². The van der Waals surface area contributed by atoms with Gasteiger partial charge >= 0.3 is 0 Å². The van der Waals surface area contributed by atoms with Crippen molar-refractivity contribution >= 4 is 17.7 Å². The molecule has 1 unspecified atom stereocenters. The highest BCUT2D eigenvalue weighted by Crippen LogP contribution is 2.21. The van der Waals surface area contributed by atoms with E-state index < -0.39 is 0 Å². The van der Waals surface area contributed by atoms with Gasteiger partial charge in [-0.05, 0) is 30.9 Å².